The van der Waals surface area contributed by atoms with E-state index in [1.807, 2.05) is 0 Å². The highest BCUT2D eigenvalue weighted by Crippen LogP contribution is 2.62. The van der Waals surface area contributed by atoms with Gasteiger partial charge in [0.15, 0.2) is 0 Å². The lowest BCUT2D eigenvalue weighted by Crippen LogP contribution is -2.32. The van der Waals surface area contributed by atoms with Gasteiger partial charge in [-0.05, 0) is 104 Å². The zero-order valence-electron chi connectivity index (χ0n) is 35.2. The minimum absolute atomic E-state index is 0.510. The molecule has 12 rings (SSSR count). The van der Waals surface area contributed by atoms with E-state index in [-0.39, 0.29) is 0 Å². The molecule has 1 aliphatic carbocycles. The van der Waals surface area contributed by atoms with Crippen molar-refractivity contribution < 1.29 is 4.74 Å². The highest BCUT2D eigenvalue weighted by Gasteiger charge is 2.51. The van der Waals surface area contributed by atoms with Crippen LogP contribution in [0.3, 0.4) is 0 Å². The number of anilines is 3. The van der Waals surface area contributed by atoms with Gasteiger partial charge in [0, 0.05) is 28.2 Å². The Hall–Kier alpha value is -8.20. The third kappa shape index (κ3) is 5.73. The lowest BCUT2D eigenvalue weighted by molar-refractivity contribution is 0.436. The summed E-state index contributed by atoms with van der Waals surface area (Å²) in [6, 6.07) is 94.8. The molecule has 0 N–H and O–H groups in total. The normalized spacial score (nSPS) is 12.9. The minimum Gasteiger partial charge on any atom is -0.457 e. The van der Waals surface area contributed by atoms with E-state index in [9.17, 15) is 0 Å². The summed E-state index contributed by atoms with van der Waals surface area (Å²) in [5.41, 5.74) is 16.7. The summed E-state index contributed by atoms with van der Waals surface area (Å²) in [7, 11) is 0. The molecule has 2 heteroatoms. The van der Waals surface area contributed by atoms with Crippen LogP contribution in [-0.2, 0) is 10.8 Å². The van der Waals surface area contributed by atoms with E-state index in [4.69, 9.17) is 4.74 Å². The third-order valence-electron chi connectivity index (χ3n) is 13.5. The van der Waals surface area contributed by atoms with Crippen molar-refractivity contribution in [2.24, 2.45) is 0 Å². The molecule has 10 aromatic rings. The lowest BCUT2D eigenvalue weighted by atomic mass is 9.65. The van der Waals surface area contributed by atoms with Crippen LogP contribution in [0.25, 0.3) is 22.3 Å². The second-order valence-corrected chi connectivity index (χ2v) is 16.8. The Labute approximate surface area is 375 Å². The summed E-state index contributed by atoms with van der Waals surface area (Å²) in [4.78, 5) is 2.40. The minimum atomic E-state index is -0.562. The quantitative estimate of drug-likeness (QED) is 0.142. The molecular formula is C62H43NO. The van der Waals surface area contributed by atoms with E-state index in [1.165, 1.54) is 44.5 Å². The Morgan fingerprint density at radius 3 is 1.34 bits per heavy atom. The van der Waals surface area contributed by atoms with E-state index >= 15 is 0 Å². The Morgan fingerprint density at radius 2 is 0.750 bits per heavy atom. The van der Waals surface area contributed by atoms with Crippen LogP contribution in [0.15, 0.2) is 261 Å². The molecule has 0 unspecified atom stereocenters. The van der Waals surface area contributed by atoms with Gasteiger partial charge >= 0.3 is 0 Å². The number of para-hydroxylation sites is 3. The van der Waals surface area contributed by atoms with Gasteiger partial charge in [0.25, 0.3) is 0 Å². The second kappa shape index (κ2) is 15.3. The summed E-state index contributed by atoms with van der Waals surface area (Å²) < 4.78 is 6.65. The summed E-state index contributed by atoms with van der Waals surface area (Å²) in [6.45, 7) is 0. The molecule has 1 heterocycles. The first kappa shape index (κ1) is 37.6. The number of benzene rings is 10. The molecule has 0 saturated carbocycles. The lowest BCUT2D eigenvalue weighted by Gasteiger charge is -2.39. The average Bonchev–Trinajstić information content (AvgIpc) is 3.66. The molecule has 0 radical (unpaired) electrons. The maximum absolute atomic E-state index is 6.65. The SMILES string of the molecule is c1ccc(N(c2cccc(-c3ccc(C(c4ccccc4)(c4ccccc4)c4ccccc4)cc3)c2)c2ccc3c(c2)C2(c4ccccc4Oc4ccccc42)c2ccccc2-3)cc1. The molecular weight excluding hydrogens is 775 g/mol. The maximum atomic E-state index is 6.65. The summed E-state index contributed by atoms with van der Waals surface area (Å²) in [5.74, 6) is 1.78. The average molecular weight is 818 g/mol. The van der Waals surface area contributed by atoms with Crippen LogP contribution in [-0.4, -0.2) is 0 Å². The smallest absolute Gasteiger partial charge is 0.132 e. The number of hydrogen-bond donors (Lipinski definition) is 0. The molecule has 1 aliphatic heterocycles. The molecule has 64 heavy (non-hydrogen) atoms. The first-order chi connectivity index (χ1) is 31.7. The van der Waals surface area contributed by atoms with Crippen molar-refractivity contribution in [1.82, 2.24) is 0 Å². The zero-order chi connectivity index (χ0) is 42.5. The molecule has 2 nitrogen and oxygen atoms in total. The van der Waals surface area contributed by atoms with Gasteiger partial charge in [-0.25, -0.2) is 0 Å². The van der Waals surface area contributed by atoms with Crippen LogP contribution in [0.2, 0.25) is 0 Å². The van der Waals surface area contributed by atoms with Gasteiger partial charge in [-0.1, -0.05) is 212 Å². The second-order valence-electron chi connectivity index (χ2n) is 16.8. The highest BCUT2D eigenvalue weighted by atomic mass is 16.5. The first-order valence-corrected chi connectivity index (χ1v) is 22.1. The molecule has 0 saturated heterocycles. The van der Waals surface area contributed by atoms with E-state index in [0.29, 0.717) is 0 Å². The summed E-state index contributed by atoms with van der Waals surface area (Å²) >= 11 is 0. The standard InChI is InChI=1S/C62H43NO/c1-5-21-46(22-6-1)61(47-23-7-2-8-24-47,48-25-9-3-10-26-48)49-38-36-44(37-39-49)45-20-19-29-51(42-45)63(50-27-11-4-12-28-50)52-40-41-54-53-30-13-14-31-55(53)62(58(54)43-52)56-32-15-17-34-59(56)64-60-35-18-16-33-57(60)62/h1-43H. The third-order valence-corrected chi connectivity index (χ3v) is 13.5. The fourth-order valence-electron chi connectivity index (χ4n) is 10.8. The Bertz CT molecular complexity index is 3150. The molecule has 0 fully saturated rings. The topological polar surface area (TPSA) is 12.5 Å². The highest BCUT2D eigenvalue weighted by molar-refractivity contribution is 5.91. The van der Waals surface area contributed by atoms with Crippen molar-refractivity contribution in [1.29, 1.82) is 0 Å². The van der Waals surface area contributed by atoms with E-state index < -0.39 is 10.8 Å². The summed E-state index contributed by atoms with van der Waals surface area (Å²) in [6.07, 6.45) is 0. The van der Waals surface area contributed by atoms with Gasteiger partial charge in [0.2, 0.25) is 0 Å². The van der Waals surface area contributed by atoms with Crippen LogP contribution in [0.5, 0.6) is 11.5 Å². The molecule has 0 atom stereocenters. The van der Waals surface area contributed by atoms with Gasteiger partial charge in [0.05, 0.1) is 10.8 Å². The van der Waals surface area contributed by atoms with Crippen LogP contribution in [0.1, 0.15) is 44.5 Å². The van der Waals surface area contributed by atoms with E-state index in [2.05, 4.69) is 266 Å². The van der Waals surface area contributed by atoms with Crippen LogP contribution in [0.4, 0.5) is 17.1 Å². The Morgan fingerprint density at radius 1 is 0.297 bits per heavy atom. The van der Waals surface area contributed by atoms with Crippen LogP contribution in [0, 0.1) is 0 Å². The fourth-order valence-corrected chi connectivity index (χ4v) is 10.8. The van der Waals surface area contributed by atoms with Crippen molar-refractivity contribution in [3.8, 4) is 33.8 Å². The molecule has 302 valence electrons. The van der Waals surface area contributed by atoms with Gasteiger partial charge in [0.1, 0.15) is 11.5 Å². The van der Waals surface area contributed by atoms with Crippen molar-refractivity contribution >= 4 is 17.1 Å². The zero-order valence-corrected chi connectivity index (χ0v) is 35.2. The predicted octanol–water partition coefficient (Wildman–Crippen LogP) is 15.7. The molecule has 2 aliphatic rings. The molecule has 0 bridgehead atoms. The fraction of sp³-hybridized carbons (Fsp3) is 0.0323. The summed E-state index contributed by atoms with van der Waals surface area (Å²) in [5, 5.41) is 0. The molecule has 0 amide bonds. The van der Waals surface area contributed by atoms with Gasteiger partial charge in [-0.2, -0.15) is 0 Å². The van der Waals surface area contributed by atoms with Crippen LogP contribution < -0.4 is 9.64 Å². The Kier molecular flexibility index (Phi) is 8.98. The Balaban J connectivity index is 1.01. The van der Waals surface area contributed by atoms with Crippen molar-refractivity contribution in [3.05, 3.63) is 305 Å². The van der Waals surface area contributed by atoms with Crippen molar-refractivity contribution in [3.63, 3.8) is 0 Å². The largest absolute Gasteiger partial charge is 0.457 e. The van der Waals surface area contributed by atoms with Crippen LogP contribution >= 0.6 is 0 Å². The number of fused-ring (bicyclic) bond motifs is 9. The number of ether oxygens (including phenoxy) is 1. The van der Waals surface area contributed by atoms with Crippen molar-refractivity contribution in [2.75, 3.05) is 4.90 Å². The van der Waals surface area contributed by atoms with E-state index in [0.717, 1.165) is 50.8 Å². The molecule has 0 aromatic heterocycles. The van der Waals surface area contributed by atoms with Gasteiger partial charge in [-0.15, -0.1) is 0 Å². The van der Waals surface area contributed by atoms with Crippen molar-refractivity contribution in [2.45, 2.75) is 10.8 Å². The number of nitrogens with zero attached hydrogens (tertiary/aromatic N) is 1. The maximum Gasteiger partial charge on any atom is 0.132 e. The molecule has 1 spiro atoms. The first-order valence-electron chi connectivity index (χ1n) is 22.1. The monoisotopic (exact) mass is 817 g/mol. The molecule has 10 aromatic carbocycles. The number of rotatable bonds is 8. The van der Waals surface area contributed by atoms with E-state index in [1.54, 1.807) is 0 Å². The predicted molar refractivity (Wildman–Crippen MR) is 262 cm³/mol. The van der Waals surface area contributed by atoms with Gasteiger partial charge in [-0.3, -0.25) is 0 Å². The number of hydrogen-bond acceptors (Lipinski definition) is 2. The van der Waals surface area contributed by atoms with Gasteiger partial charge < -0.3 is 9.64 Å².